The van der Waals surface area contributed by atoms with Gasteiger partial charge in [-0.3, -0.25) is 4.90 Å². The summed E-state index contributed by atoms with van der Waals surface area (Å²) in [7, 11) is 2.18. The number of halogens is 1. The van der Waals surface area contributed by atoms with E-state index >= 15 is 4.39 Å². The summed E-state index contributed by atoms with van der Waals surface area (Å²) in [6, 6.07) is 14.3. The van der Waals surface area contributed by atoms with E-state index in [9.17, 15) is 0 Å². The van der Waals surface area contributed by atoms with Crippen molar-refractivity contribution in [3.05, 3.63) is 71.7 Å². The van der Waals surface area contributed by atoms with Crippen LogP contribution >= 0.6 is 0 Å². The van der Waals surface area contributed by atoms with Crippen molar-refractivity contribution in [2.24, 2.45) is 11.0 Å². The average Bonchev–Trinajstić information content (AvgIpc) is 3.26. The molecule has 1 aliphatic carbocycles. The highest BCUT2D eigenvalue weighted by molar-refractivity contribution is 6.05. The van der Waals surface area contributed by atoms with Crippen LogP contribution in [0.5, 0.6) is 0 Å². The molecule has 11 heteroatoms. The van der Waals surface area contributed by atoms with E-state index in [4.69, 9.17) is 10.8 Å². The number of likely N-dealkylation sites (N-methyl/N-ethyl adjacent to an activating group) is 1. The molecule has 42 heavy (non-hydrogen) atoms. The second-order valence-electron chi connectivity index (χ2n) is 11.8. The third-order valence-corrected chi connectivity index (χ3v) is 9.14. The van der Waals surface area contributed by atoms with Gasteiger partial charge in [0.05, 0.1) is 11.4 Å². The number of nitrogens with one attached hydrogen (secondary N) is 1. The molecule has 2 fully saturated rings. The maximum Gasteiger partial charge on any atom is 0.250 e. The maximum absolute atomic E-state index is 15.3. The van der Waals surface area contributed by atoms with Crippen LogP contribution in [0.15, 0.2) is 59.8 Å². The normalized spacial score (nSPS) is 22.0. The number of nitrogens with two attached hydrogens (primary N) is 1. The molecule has 1 aromatic heterocycles. The van der Waals surface area contributed by atoms with Gasteiger partial charge < -0.3 is 20.9 Å². The molecule has 0 spiro atoms. The summed E-state index contributed by atoms with van der Waals surface area (Å²) >= 11 is 0. The number of hydrazone groups is 1. The van der Waals surface area contributed by atoms with Crippen LogP contribution in [0.4, 0.5) is 27.7 Å². The molecule has 0 bridgehead atoms. The van der Waals surface area contributed by atoms with Crippen LogP contribution in [-0.4, -0.2) is 82.7 Å². The number of piperidine rings is 1. The number of fused-ring (bicyclic) bond motifs is 3. The Morgan fingerprint density at radius 2 is 1.79 bits per heavy atom. The van der Waals surface area contributed by atoms with Crippen LogP contribution in [0.1, 0.15) is 36.8 Å². The Bertz CT molecular complexity index is 1480. The molecule has 2 aromatic carbocycles. The number of aromatic nitrogens is 3. The molecule has 4 heterocycles. The molecule has 4 aliphatic rings. The first-order valence-electron chi connectivity index (χ1n) is 15.1. The number of nitrogens with zero attached hydrogens (tertiary/aromatic N) is 8. The van der Waals surface area contributed by atoms with Crippen molar-refractivity contribution in [2.75, 3.05) is 67.4 Å². The molecule has 1 atom stereocenters. The predicted octanol–water partition coefficient (Wildman–Crippen LogP) is 3.78. The largest absolute Gasteiger partial charge is 0.369 e. The lowest BCUT2D eigenvalue weighted by Gasteiger charge is -2.42. The van der Waals surface area contributed by atoms with Gasteiger partial charge >= 0.3 is 0 Å². The van der Waals surface area contributed by atoms with Crippen LogP contribution in [0.2, 0.25) is 0 Å². The summed E-state index contributed by atoms with van der Waals surface area (Å²) in [6.07, 6.45) is 9.38. The van der Waals surface area contributed by atoms with Gasteiger partial charge in [-0.05, 0) is 62.9 Å². The van der Waals surface area contributed by atoms with Crippen LogP contribution < -0.4 is 21.1 Å². The summed E-state index contributed by atoms with van der Waals surface area (Å²) in [4.78, 5) is 13.0. The van der Waals surface area contributed by atoms with E-state index < -0.39 is 0 Å². The second-order valence-corrected chi connectivity index (χ2v) is 11.8. The number of hydrogen-bond donors (Lipinski definition) is 2. The lowest BCUT2D eigenvalue weighted by Crippen LogP contribution is -2.52. The zero-order chi connectivity index (χ0) is 28.6. The summed E-state index contributed by atoms with van der Waals surface area (Å²) < 4.78 is 15.3. The minimum atomic E-state index is -0.256. The highest BCUT2D eigenvalue weighted by Crippen LogP contribution is 2.30. The van der Waals surface area contributed by atoms with Crippen molar-refractivity contribution < 1.29 is 4.39 Å². The van der Waals surface area contributed by atoms with Gasteiger partial charge in [0.15, 0.2) is 0 Å². The Kier molecular flexibility index (Phi) is 7.29. The van der Waals surface area contributed by atoms with Crippen molar-refractivity contribution >= 4 is 29.0 Å². The van der Waals surface area contributed by atoms with Gasteiger partial charge in [-0.25, -0.2) is 4.39 Å². The minimum absolute atomic E-state index is 0.187. The number of aryl methyl sites for hydroxylation is 1. The molecule has 3 aliphatic heterocycles. The van der Waals surface area contributed by atoms with E-state index in [0.29, 0.717) is 17.4 Å². The van der Waals surface area contributed by atoms with E-state index in [-0.39, 0.29) is 23.6 Å². The zero-order valence-corrected chi connectivity index (χ0v) is 24.2. The summed E-state index contributed by atoms with van der Waals surface area (Å²) in [5.74, 6) is 0.469. The van der Waals surface area contributed by atoms with Crippen LogP contribution in [-0.2, 0) is 6.42 Å². The lowest BCUT2D eigenvalue weighted by atomic mass is 9.93. The lowest BCUT2D eigenvalue weighted by molar-refractivity contribution is 0.0981. The maximum atomic E-state index is 15.3. The van der Waals surface area contributed by atoms with Crippen LogP contribution in [0.25, 0.3) is 0 Å². The highest BCUT2D eigenvalue weighted by Gasteiger charge is 2.29. The molecule has 2 saturated heterocycles. The first-order chi connectivity index (χ1) is 20.5. The number of rotatable bonds is 5. The molecule has 7 rings (SSSR count). The zero-order valence-electron chi connectivity index (χ0n) is 24.2. The van der Waals surface area contributed by atoms with Gasteiger partial charge in [-0.2, -0.15) is 15.2 Å². The SMILES string of the molecule is CN1CCN(C2CCN(c3ccc(Nc4nc(N)n(N5C=CC6CCCc7ccccc7C6=N5)n4)cc3F)CC2)CC1. The molecule has 0 radical (unpaired) electrons. The van der Waals surface area contributed by atoms with Gasteiger partial charge in [-0.15, -0.1) is 9.89 Å². The van der Waals surface area contributed by atoms with Gasteiger partial charge in [-0.1, -0.05) is 30.3 Å². The Balaban J connectivity index is 1.02. The molecular formula is C31H39FN10. The van der Waals surface area contributed by atoms with Crippen molar-refractivity contribution in [2.45, 2.75) is 38.1 Å². The fourth-order valence-corrected chi connectivity index (χ4v) is 6.73. The number of nitrogen functional groups attached to an aromatic ring is 1. The van der Waals surface area contributed by atoms with E-state index in [1.807, 2.05) is 18.3 Å². The number of hydrogen-bond acceptors (Lipinski definition) is 9. The van der Waals surface area contributed by atoms with Gasteiger partial charge in [0.1, 0.15) is 5.82 Å². The van der Waals surface area contributed by atoms with Crippen molar-refractivity contribution in [1.29, 1.82) is 0 Å². The van der Waals surface area contributed by atoms with Crippen molar-refractivity contribution in [3.8, 4) is 0 Å². The van der Waals surface area contributed by atoms with Crippen LogP contribution in [0.3, 0.4) is 0 Å². The molecule has 0 saturated carbocycles. The van der Waals surface area contributed by atoms with Crippen molar-refractivity contribution in [1.82, 2.24) is 24.7 Å². The fraction of sp³-hybridized carbons (Fsp3) is 0.452. The Hall–Kier alpha value is -3.96. The highest BCUT2D eigenvalue weighted by atomic mass is 19.1. The molecule has 1 unspecified atom stereocenters. The number of anilines is 4. The smallest absolute Gasteiger partial charge is 0.250 e. The van der Waals surface area contributed by atoms with Crippen molar-refractivity contribution in [3.63, 3.8) is 0 Å². The molecule has 3 aromatic rings. The van der Waals surface area contributed by atoms with Gasteiger partial charge in [0.2, 0.25) is 5.95 Å². The molecule has 10 nitrogen and oxygen atoms in total. The summed E-state index contributed by atoms with van der Waals surface area (Å²) in [5, 5.41) is 14.2. The van der Waals surface area contributed by atoms with Crippen LogP contribution in [0, 0.1) is 11.7 Å². The fourth-order valence-electron chi connectivity index (χ4n) is 6.73. The summed E-state index contributed by atoms with van der Waals surface area (Å²) in [6.45, 7) is 6.22. The molecular weight excluding hydrogens is 531 g/mol. The number of allylic oxidation sites excluding steroid dienone is 1. The Morgan fingerprint density at radius 3 is 2.60 bits per heavy atom. The first kappa shape index (κ1) is 26.9. The quantitative estimate of drug-likeness (QED) is 0.479. The Labute approximate surface area is 246 Å². The number of benzene rings is 2. The first-order valence-corrected chi connectivity index (χ1v) is 15.1. The summed E-state index contributed by atoms with van der Waals surface area (Å²) in [5.41, 5.74) is 11.0. The second kappa shape index (κ2) is 11.4. The molecule has 0 amide bonds. The molecule has 3 N–H and O–H groups in total. The number of piperazine rings is 1. The molecule has 220 valence electrons. The van der Waals surface area contributed by atoms with E-state index in [1.54, 1.807) is 5.12 Å². The van der Waals surface area contributed by atoms with E-state index in [1.165, 1.54) is 22.0 Å². The van der Waals surface area contributed by atoms with E-state index in [0.717, 1.165) is 77.1 Å². The van der Waals surface area contributed by atoms with Gasteiger partial charge in [0, 0.05) is 68.7 Å². The monoisotopic (exact) mass is 570 g/mol. The standard InChI is InChI=1S/C31H39FN10/c1-38-17-19-39(20-18-38)25-12-14-40(15-13-25)28-10-9-24(21-27(28)32)34-31-35-30(33)42(37-31)41-16-11-23-7-4-6-22-5-2-3-8-26(22)29(23)36-41/h2-3,5,8-11,16,21,23,25H,4,6-7,12-15,17-20H2,1H3,(H3,33,34,35,37). The Morgan fingerprint density at radius 1 is 0.976 bits per heavy atom. The van der Waals surface area contributed by atoms with E-state index in [2.05, 4.69) is 67.5 Å². The third kappa shape index (κ3) is 5.34. The third-order valence-electron chi connectivity index (χ3n) is 9.14. The average molecular weight is 571 g/mol. The minimum Gasteiger partial charge on any atom is -0.369 e. The predicted molar refractivity (Wildman–Crippen MR) is 165 cm³/mol. The topological polar surface area (TPSA) is 94.1 Å². The van der Waals surface area contributed by atoms with Gasteiger partial charge in [0.25, 0.3) is 5.95 Å².